The summed E-state index contributed by atoms with van der Waals surface area (Å²) in [6.45, 7) is 0. The SMILES string of the molecule is OOO.[H-].[Na+]. The Bertz CT molecular complexity index is 6.85. The Hall–Kier alpha value is 0.880. The Morgan fingerprint density at radius 1 is 1.50 bits per heavy atom. The Kier molecular flexibility index (Phi) is 20.2. The summed E-state index contributed by atoms with van der Waals surface area (Å²) >= 11 is 0. The van der Waals surface area contributed by atoms with Crippen molar-refractivity contribution >= 4 is 0 Å². The summed E-state index contributed by atoms with van der Waals surface area (Å²) in [6, 6.07) is 0. The van der Waals surface area contributed by atoms with E-state index in [0.29, 0.717) is 0 Å². The van der Waals surface area contributed by atoms with Crippen LogP contribution >= 0.6 is 0 Å². The minimum Gasteiger partial charge on any atom is -1.00 e. The van der Waals surface area contributed by atoms with Crippen molar-refractivity contribution in [2.75, 3.05) is 0 Å². The van der Waals surface area contributed by atoms with Gasteiger partial charge in [0.25, 0.3) is 0 Å². The van der Waals surface area contributed by atoms with Gasteiger partial charge in [-0.25, -0.2) is 10.5 Å². The molecule has 0 aliphatic heterocycles. The molecule has 0 unspecified atom stereocenters. The van der Waals surface area contributed by atoms with Crippen LogP contribution in [0.3, 0.4) is 0 Å². The summed E-state index contributed by atoms with van der Waals surface area (Å²) in [5.74, 6) is 0. The predicted octanol–water partition coefficient (Wildman–Crippen LogP) is -2.93. The molecule has 0 aromatic carbocycles. The van der Waals surface area contributed by atoms with Gasteiger partial charge < -0.3 is 1.43 Å². The minimum absolute atomic E-state index is 0. The Morgan fingerprint density at radius 2 is 1.50 bits per heavy atom. The van der Waals surface area contributed by atoms with Crippen molar-refractivity contribution in [1.29, 1.82) is 0 Å². The number of rotatable bonds is 0. The van der Waals surface area contributed by atoms with Crippen LogP contribution in [-0.2, 0) is 5.04 Å². The molecule has 0 aromatic rings. The third-order valence-corrected chi connectivity index (χ3v) is 0. The zero-order chi connectivity index (χ0) is 2.71. The number of hydrogen-bond acceptors (Lipinski definition) is 3. The fraction of sp³-hybridized carbons (Fsp3) is 0. The van der Waals surface area contributed by atoms with Crippen LogP contribution in [0.2, 0.25) is 0 Å². The molecule has 22 valence electrons. The molecular weight excluding hydrogens is 71.0 g/mol. The van der Waals surface area contributed by atoms with Gasteiger partial charge in [-0.1, -0.05) is 5.04 Å². The van der Waals surface area contributed by atoms with Gasteiger partial charge in [-0.05, 0) is 0 Å². The average Bonchev–Trinajstić information content (AvgIpc) is 0.918. The molecule has 0 amide bonds. The van der Waals surface area contributed by atoms with E-state index in [1.54, 1.807) is 0 Å². The molecule has 0 rings (SSSR count). The topological polar surface area (TPSA) is 49.7 Å². The molecule has 0 heterocycles. The summed E-state index contributed by atoms with van der Waals surface area (Å²) in [7, 11) is 0. The van der Waals surface area contributed by atoms with Gasteiger partial charge in [0.2, 0.25) is 0 Å². The molecule has 4 heteroatoms. The van der Waals surface area contributed by atoms with Gasteiger partial charge in [-0.3, -0.25) is 0 Å². The van der Waals surface area contributed by atoms with Gasteiger partial charge in [0.15, 0.2) is 0 Å². The maximum atomic E-state index is 6.62. The van der Waals surface area contributed by atoms with Crippen LogP contribution in [0.4, 0.5) is 0 Å². The predicted molar refractivity (Wildman–Crippen MR) is 7.45 cm³/mol. The average molecular weight is 74.0 g/mol. The van der Waals surface area contributed by atoms with E-state index in [0.717, 1.165) is 0 Å². The summed E-state index contributed by atoms with van der Waals surface area (Å²) in [4.78, 5) is 0. The zero-order valence-electron chi connectivity index (χ0n) is 3.30. The van der Waals surface area contributed by atoms with E-state index in [-0.39, 0.29) is 31.0 Å². The molecule has 4 heavy (non-hydrogen) atoms. The van der Waals surface area contributed by atoms with Crippen molar-refractivity contribution in [2.24, 2.45) is 0 Å². The molecule has 0 saturated heterocycles. The molecule has 0 aliphatic rings. The smallest absolute Gasteiger partial charge is 1.00 e. The van der Waals surface area contributed by atoms with Gasteiger partial charge in [0, 0.05) is 0 Å². The van der Waals surface area contributed by atoms with E-state index in [1.807, 2.05) is 0 Å². The van der Waals surface area contributed by atoms with Crippen LogP contribution in [0.1, 0.15) is 1.43 Å². The Morgan fingerprint density at radius 3 is 1.50 bits per heavy atom. The molecule has 0 radical (unpaired) electrons. The van der Waals surface area contributed by atoms with Crippen LogP contribution in [0.15, 0.2) is 0 Å². The van der Waals surface area contributed by atoms with E-state index >= 15 is 0 Å². The van der Waals surface area contributed by atoms with E-state index in [1.165, 1.54) is 0 Å². The van der Waals surface area contributed by atoms with Crippen LogP contribution in [0.25, 0.3) is 0 Å². The van der Waals surface area contributed by atoms with Crippen LogP contribution in [0, 0.1) is 0 Å². The first-order valence-corrected chi connectivity index (χ1v) is 0.365. The minimum atomic E-state index is 0. The quantitative estimate of drug-likeness (QED) is 0.184. The molecule has 0 saturated carbocycles. The van der Waals surface area contributed by atoms with Crippen molar-refractivity contribution in [2.45, 2.75) is 0 Å². The molecule has 0 aromatic heterocycles. The standard InChI is InChI=1S/Na.H2O3.H/c;1-3-2;/h;1-2H;/q+1;;-1. The second-order valence-electron chi connectivity index (χ2n) is 0.0816. The van der Waals surface area contributed by atoms with Crippen LogP contribution in [-0.4, -0.2) is 10.5 Å². The Labute approximate surface area is 46.8 Å². The molecular formula is H3NaO3. The third-order valence-electron chi connectivity index (χ3n) is 0. The first-order chi connectivity index (χ1) is 1.41. The summed E-state index contributed by atoms with van der Waals surface area (Å²) < 4.78 is 0. The van der Waals surface area contributed by atoms with E-state index in [4.69, 9.17) is 10.5 Å². The van der Waals surface area contributed by atoms with E-state index < -0.39 is 0 Å². The fourth-order valence-electron chi connectivity index (χ4n) is 0. The molecule has 0 atom stereocenters. The molecule has 0 fully saturated rings. The second-order valence-corrected chi connectivity index (χ2v) is 0.0816. The van der Waals surface area contributed by atoms with Crippen molar-refractivity contribution < 1.29 is 46.5 Å². The second kappa shape index (κ2) is 9.11. The van der Waals surface area contributed by atoms with Crippen molar-refractivity contribution in [3.8, 4) is 0 Å². The first-order valence-electron chi connectivity index (χ1n) is 0.365. The van der Waals surface area contributed by atoms with Crippen molar-refractivity contribution in [1.82, 2.24) is 0 Å². The first kappa shape index (κ1) is 8.86. The van der Waals surface area contributed by atoms with Gasteiger partial charge in [-0.2, -0.15) is 0 Å². The van der Waals surface area contributed by atoms with Crippen LogP contribution < -0.4 is 29.6 Å². The van der Waals surface area contributed by atoms with E-state index in [2.05, 4.69) is 5.04 Å². The molecule has 0 aliphatic carbocycles. The number of hydrogen-bond donors (Lipinski definition) is 2. The molecule has 0 spiro atoms. The zero-order valence-corrected chi connectivity index (χ0v) is 4.30. The Balaban J connectivity index is -0.0000000200. The summed E-state index contributed by atoms with van der Waals surface area (Å²) in [5, 5.41) is 15.5. The maximum Gasteiger partial charge on any atom is 1.00 e. The molecule has 2 N–H and O–H groups in total. The molecule has 0 bridgehead atoms. The van der Waals surface area contributed by atoms with Crippen molar-refractivity contribution in [3.63, 3.8) is 0 Å². The summed E-state index contributed by atoms with van der Waals surface area (Å²) in [6.07, 6.45) is 0. The van der Waals surface area contributed by atoms with E-state index in [9.17, 15) is 0 Å². The van der Waals surface area contributed by atoms with Gasteiger partial charge in [-0.15, -0.1) is 0 Å². The third kappa shape index (κ3) is 13.1. The molecule has 3 nitrogen and oxygen atoms in total. The van der Waals surface area contributed by atoms with Gasteiger partial charge in [0.05, 0.1) is 0 Å². The normalized spacial score (nSPS) is 4.50. The van der Waals surface area contributed by atoms with Crippen molar-refractivity contribution in [3.05, 3.63) is 0 Å². The monoisotopic (exact) mass is 74.0 g/mol. The fourth-order valence-corrected chi connectivity index (χ4v) is 0. The largest absolute Gasteiger partial charge is 1.00 e. The van der Waals surface area contributed by atoms with Gasteiger partial charge in [0.1, 0.15) is 0 Å². The maximum absolute atomic E-state index is 6.62. The van der Waals surface area contributed by atoms with Gasteiger partial charge >= 0.3 is 29.6 Å². The van der Waals surface area contributed by atoms with Crippen LogP contribution in [0.5, 0.6) is 0 Å². The summed E-state index contributed by atoms with van der Waals surface area (Å²) in [5.41, 5.74) is 0.